The largest absolute Gasteiger partial charge is 0.356 e. The van der Waals surface area contributed by atoms with Crippen LogP contribution in [0.5, 0.6) is 0 Å². The zero-order valence-corrected chi connectivity index (χ0v) is 14.7. The van der Waals surface area contributed by atoms with E-state index in [1.807, 2.05) is 6.92 Å². The normalized spacial score (nSPS) is 11.7. The van der Waals surface area contributed by atoms with Crippen LogP contribution in [0.1, 0.15) is 29.3 Å². The molecule has 0 radical (unpaired) electrons. The first-order valence-corrected chi connectivity index (χ1v) is 8.24. The Morgan fingerprint density at radius 2 is 2.08 bits per heavy atom. The zero-order valence-electron chi connectivity index (χ0n) is 14.7. The van der Waals surface area contributed by atoms with Gasteiger partial charge in [-0.2, -0.15) is 0 Å². The van der Waals surface area contributed by atoms with Crippen LogP contribution in [0.2, 0.25) is 0 Å². The smallest absolute Gasteiger partial charge is 0.226 e. The van der Waals surface area contributed by atoms with Gasteiger partial charge in [0, 0.05) is 38.4 Å². The van der Waals surface area contributed by atoms with Gasteiger partial charge in [-0.05, 0) is 13.0 Å². The molecule has 0 fully saturated rings. The summed E-state index contributed by atoms with van der Waals surface area (Å²) in [6.07, 6.45) is 3.88. The number of hydrogen-bond acceptors (Lipinski definition) is 4. The van der Waals surface area contributed by atoms with E-state index in [0.29, 0.717) is 23.1 Å². The van der Waals surface area contributed by atoms with Gasteiger partial charge in [0.15, 0.2) is 11.6 Å². The van der Waals surface area contributed by atoms with Crippen LogP contribution in [0.3, 0.4) is 0 Å². The lowest BCUT2D eigenvalue weighted by atomic mass is 9.86. The van der Waals surface area contributed by atoms with Gasteiger partial charge in [0.25, 0.3) is 0 Å². The van der Waals surface area contributed by atoms with Crippen LogP contribution < -0.4 is 5.32 Å². The average Bonchev–Trinajstić information content (AvgIpc) is 3.00. The van der Waals surface area contributed by atoms with Crippen molar-refractivity contribution in [2.75, 3.05) is 6.54 Å². The van der Waals surface area contributed by atoms with Crippen molar-refractivity contribution in [2.45, 2.75) is 27.2 Å². The number of nitrogens with zero attached hydrogens (tertiary/aromatic N) is 3. The summed E-state index contributed by atoms with van der Waals surface area (Å²) in [6.45, 7) is 5.77. The van der Waals surface area contributed by atoms with Gasteiger partial charge in [0.2, 0.25) is 5.91 Å². The fourth-order valence-electron chi connectivity index (χ4n) is 2.72. The topological polar surface area (TPSA) is 83.6 Å². The van der Waals surface area contributed by atoms with E-state index >= 15 is 0 Å². The Morgan fingerprint density at radius 3 is 2.81 bits per heavy atom. The van der Waals surface area contributed by atoms with Crippen molar-refractivity contribution < 1.29 is 16.4 Å². The first-order chi connectivity index (χ1) is 12.3. The number of H-pyrrole nitrogens is 1. The van der Waals surface area contributed by atoms with Crippen LogP contribution >= 0.6 is 0 Å². The van der Waals surface area contributed by atoms with Crippen LogP contribution in [-0.2, 0) is 11.2 Å². The summed E-state index contributed by atoms with van der Waals surface area (Å²) >= 11 is 0. The van der Waals surface area contributed by atoms with E-state index in [-0.39, 0.29) is 26.7 Å². The summed E-state index contributed by atoms with van der Waals surface area (Å²) in [5, 5.41) is 3.24. The molecule has 26 heavy (non-hydrogen) atoms. The Bertz CT molecular complexity index is 978. The summed E-state index contributed by atoms with van der Waals surface area (Å²) in [5.41, 5.74) is 0.295. The van der Waals surface area contributed by atoms with E-state index in [2.05, 4.69) is 25.3 Å². The van der Waals surface area contributed by atoms with Gasteiger partial charge in [0.1, 0.15) is 11.5 Å². The third-order valence-electron chi connectivity index (χ3n) is 4.12. The monoisotopic (exact) mass is 363 g/mol. The van der Waals surface area contributed by atoms with Crippen molar-refractivity contribution in [2.24, 2.45) is 5.41 Å². The molecule has 6 nitrogen and oxygen atoms in total. The summed E-state index contributed by atoms with van der Waals surface area (Å²) in [7, 11) is 0. The van der Waals surface area contributed by atoms with Crippen molar-refractivity contribution in [1.82, 2.24) is 25.3 Å². The second-order valence-corrected chi connectivity index (χ2v) is 6.66. The number of pyridine rings is 1. The van der Waals surface area contributed by atoms with Gasteiger partial charge < -0.3 is 10.3 Å². The summed E-state index contributed by atoms with van der Waals surface area (Å²) < 4.78 is 27.7. The van der Waals surface area contributed by atoms with E-state index in [9.17, 15) is 13.6 Å². The van der Waals surface area contributed by atoms with Gasteiger partial charge in [-0.1, -0.05) is 13.8 Å². The number of carbonyl (C=O) groups is 1. The molecule has 3 aromatic rings. The fraction of sp³-hybridized carbons (Fsp3) is 0.333. The lowest BCUT2D eigenvalue weighted by Gasteiger charge is -2.23. The number of aromatic nitrogens is 4. The molecule has 0 atom stereocenters. The quantitative estimate of drug-likeness (QED) is 0.727. The minimum absolute atomic E-state index is 0. The minimum Gasteiger partial charge on any atom is -0.356 e. The van der Waals surface area contributed by atoms with Gasteiger partial charge in [-0.15, -0.1) is 0 Å². The van der Waals surface area contributed by atoms with Crippen molar-refractivity contribution in [3.05, 3.63) is 42.0 Å². The highest BCUT2D eigenvalue weighted by atomic mass is 19.1. The molecule has 0 aliphatic carbocycles. The van der Waals surface area contributed by atoms with E-state index in [0.717, 1.165) is 12.4 Å². The van der Waals surface area contributed by atoms with Crippen LogP contribution in [-0.4, -0.2) is 32.4 Å². The number of halogens is 2. The maximum absolute atomic E-state index is 14.2. The number of rotatable bonds is 5. The van der Waals surface area contributed by atoms with Crippen molar-refractivity contribution in [1.29, 1.82) is 0 Å². The number of amides is 1. The number of aromatic amines is 1. The zero-order chi connectivity index (χ0) is 18.9. The van der Waals surface area contributed by atoms with Gasteiger partial charge in [0.05, 0.1) is 18.1 Å². The third-order valence-corrected chi connectivity index (χ3v) is 4.12. The van der Waals surface area contributed by atoms with Gasteiger partial charge in [-0.3, -0.25) is 4.79 Å². The summed E-state index contributed by atoms with van der Waals surface area (Å²) in [5.74, 6) is -1.02. The molecule has 2 N–H and O–H groups in total. The highest BCUT2D eigenvalue weighted by molar-refractivity contribution is 5.91. The Kier molecular flexibility index (Phi) is 4.67. The number of fused-ring (bicyclic) bond motifs is 1. The van der Waals surface area contributed by atoms with Crippen LogP contribution in [0.25, 0.3) is 22.4 Å². The molecule has 0 aliphatic heterocycles. The Hall–Kier alpha value is -2.90. The lowest BCUT2D eigenvalue weighted by Crippen LogP contribution is -2.38. The summed E-state index contributed by atoms with van der Waals surface area (Å²) in [6, 6.07) is 1.32. The standard InChI is InChI=1S/C18H19F2N5O.2H2/c1-4-21-17(26)18(2,3)6-14-13(20)9-24-16(25-14)12-8-23-15-11(12)5-10(19)7-22-15;;/h5,7-9H,4,6H2,1-3H3,(H,21,26)(H,22,23);2*1H. The molecule has 0 aromatic carbocycles. The number of hydrogen-bond donors (Lipinski definition) is 2. The van der Waals surface area contributed by atoms with E-state index in [4.69, 9.17) is 0 Å². The molecule has 0 saturated carbocycles. The minimum atomic E-state index is -0.837. The van der Waals surface area contributed by atoms with E-state index in [1.54, 1.807) is 20.0 Å². The predicted molar refractivity (Wildman–Crippen MR) is 97.4 cm³/mol. The SMILES string of the molecule is CCNC(=O)C(C)(C)Cc1nc(-c2c[nH]c3ncc(F)cc23)ncc1F.[HH].[HH]. The average molecular weight is 363 g/mol. The number of carbonyl (C=O) groups excluding carboxylic acids is 1. The maximum atomic E-state index is 14.2. The van der Waals surface area contributed by atoms with E-state index in [1.165, 1.54) is 6.07 Å². The number of nitrogens with one attached hydrogen (secondary N) is 2. The van der Waals surface area contributed by atoms with Crippen LogP contribution in [0.4, 0.5) is 8.78 Å². The van der Waals surface area contributed by atoms with Gasteiger partial charge in [-0.25, -0.2) is 23.7 Å². The Labute approximate surface area is 152 Å². The predicted octanol–water partition coefficient (Wildman–Crippen LogP) is 3.49. The molecule has 0 aliphatic rings. The molecule has 8 heteroatoms. The molecule has 1 amide bonds. The Balaban J connectivity index is 0.00000196. The molecule has 140 valence electrons. The molecule has 0 spiro atoms. The van der Waals surface area contributed by atoms with Crippen molar-refractivity contribution >= 4 is 16.9 Å². The van der Waals surface area contributed by atoms with E-state index < -0.39 is 17.0 Å². The third kappa shape index (κ3) is 3.40. The van der Waals surface area contributed by atoms with Crippen LogP contribution in [0.15, 0.2) is 24.7 Å². The first-order valence-electron chi connectivity index (χ1n) is 8.24. The molecule has 3 heterocycles. The molecule has 0 saturated heterocycles. The molecule has 0 bridgehead atoms. The summed E-state index contributed by atoms with van der Waals surface area (Å²) in [4.78, 5) is 27.3. The maximum Gasteiger partial charge on any atom is 0.226 e. The highest BCUT2D eigenvalue weighted by Gasteiger charge is 2.29. The fourth-order valence-corrected chi connectivity index (χ4v) is 2.72. The Morgan fingerprint density at radius 1 is 1.31 bits per heavy atom. The highest BCUT2D eigenvalue weighted by Crippen LogP contribution is 2.28. The molecular weight excluding hydrogens is 340 g/mol. The molecule has 0 unspecified atom stereocenters. The van der Waals surface area contributed by atoms with Crippen molar-refractivity contribution in [3.8, 4) is 11.4 Å². The lowest BCUT2D eigenvalue weighted by molar-refractivity contribution is -0.129. The second-order valence-electron chi connectivity index (χ2n) is 6.66. The molecule has 3 aromatic heterocycles. The first kappa shape index (κ1) is 17.9. The van der Waals surface area contributed by atoms with Crippen LogP contribution in [0, 0.1) is 17.0 Å². The van der Waals surface area contributed by atoms with Gasteiger partial charge >= 0.3 is 0 Å². The van der Waals surface area contributed by atoms with Crippen molar-refractivity contribution in [3.63, 3.8) is 0 Å². The second kappa shape index (κ2) is 6.78. The molecule has 3 rings (SSSR count). The molecular formula is C18H23F2N5O.